The summed E-state index contributed by atoms with van der Waals surface area (Å²) in [5.74, 6) is 2.29. The van der Waals surface area contributed by atoms with Crippen LogP contribution in [0.5, 0.6) is 11.6 Å². The van der Waals surface area contributed by atoms with Crippen LogP contribution in [0.3, 0.4) is 0 Å². The summed E-state index contributed by atoms with van der Waals surface area (Å²) in [4.78, 5) is 6.81. The zero-order valence-corrected chi connectivity index (χ0v) is 18.8. The molecule has 1 aromatic heterocycles. The second-order valence-electron chi connectivity index (χ2n) is 8.27. The number of allylic oxidation sites excluding steroid dienone is 1. The van der Waals surface area contributed by atoms with Crippen LogP contribution in [0, 0.1) is 5.92 Å². The van der Waals surface area contributed by atoms with Crippen molar-refractivity contribution in [3.8, 4) is 11.6 Å². The molecule has 2 heterocycles. The number of nitrogens with zero attached hydrogens (tertiary/aromatic N) is 2. The summed E-state index contributed by atoms with van der Waals surface area (Å²) in [6.07, 6.45) is 9.62. The van der Waals surface area contributed by atoms with Gasteiger partial charge in [0.15, 0.2) is 0 Å². The van der Waals surface area contributed by atoms with E-state index in [4.69, 9.17) is 9.47 Å². The minimum Gasteiger partial charge on any atom is -0.493 e. The first-order chi connectivity index (χ1) is 15.8. The highest BCUT2D eigenvalue weighted by atomic mass is 16.5. The Labute approximate surface area is 191 Å². The van der Waals surface area contributed by atoms with E-state index in [0.29, 0.717) is 12.5 Å². The largest absolute Gasteiger partial charge is 0.493 e. The van der Waals surface area contributed by atoms with Crippen LogP contribution in [0.2, 0.25) is 0 Å². The van der Waals surface area contributed by atoms with Crippen molar-refractivity contribution in [1.82, 2.24) is 9.88 Å². The van der Waals surface area contributed by atoms with Gasteiger partial charge in [-0.2, -0.15) is 0 Å². The molecular formula is C28H32N2O2. The van der Waals surface area contributed by atoms with Crippen LogP contribution in [0.15, 0.2) is 79.0 Å². The predicted octanol–water partition coefficient (Wildman–Crippen LogP) is 5.64. The van der Waals surface area contributed by atoms with Gasteiger partial charge >= 0.3 is 0 Å². The second-order valence-corrected chi connectivity index (χ2v) is 8.27. The average Bonchev–Trinajstić information content (AvgIpc) is 2.85. The molecule has 1 aliphatic rings. The molecule has 0 N–H and O–H groups in total. The molecule has 0 amide bonds. The van der Waals surface area contributed by atoms with Crippen molar-refractivity contribution >= 4 is 6.08 Å². The van der Waals surface area contributed by atoms with E-state index >= 15 is 0 Å². The number of ether oxygens (including phenoxy) is 2. The molecule has 2 aromatic carbocycles. The Morgan fingerprint density at radius 2 is 1.75 bits per heavy atom. The minimum absolute atomic E-state index is 0.597. The maximum Gasteiger partial charge on any atom is 0.217 e. The number of likely N-dealkylation sites (tertiary alicyclic amines) is 1. The van der Waals surface area contributed by atoms with Crippen molar-refractivity contribution in [3.05, 3.63) is 95.7 Å². The third-order valence-corrected chi connectivity index (χ3v) is 6.03. The summed E-state index contributed by atoms with van der Waals surface area (Å²) in [7, 11) is 1.69. The molecule has 4 heteroatoms. The van der Waals surface area contributed by atoms with E-state index in [9.17, 15) is 0 Å². The molecular weight excluding hydrogens is 396 g/mol. The topological polar surface area (TPSA) is 34.6 Å². The number of hydrogen-bond donors (Lipinski definition) is 0. The Balaban J connectivity index is 1.28. The van der Waals surface area contributed by atoms with Gasteiger partial charge in [-0.3, -0.25) is 4.90 Å². The fourth-order valence-electron chi connectivity index (χ4n) is 4.19. The van der Waals surface area contributed by atoms with Crippen molar-refractivity contribution in [1.29, 1.82) is 0 Å². The van der Waals surface area contributed by atoms with E-state index in [1.807, 2.05) is 18.2 Å². The third kappa shape index (κ3) is 6.21. The van der Waals surface area contributed by atoms with E-state index < -0.39 is 0 Å². The molecule has 0 bridgehead atoms. The molecule has 4 rings (SSSR count). The van der Waals surface area contributed by atoms with Gasteiger partial charge in [0, 0.05) is 30.3 Å². The highest BCUT2D eigenvalue weighted by Gasteiger charge is 2.18. The van der Waals surface area contributed by atoms with Gasteiger partial charge in [-0.1, -0.05) is 66.7 Å². The fourth-order valence-corrected chi connectivity index (χ4v) is 4.19. The van der Waals surface area contributed by atoms with E-state index in [-0.39, 0.29) is 0 Å². The maximum atomic E-state index is 6.11. The van der Waals surface area contributed by atoms with Gasteiger partial charge in [-0.05, 0) is 49.5 Å². The standard InChI is InChI=1S/C28H32N2O2/c1-31-28-26(11-7-18-29-28)22-30-19-15-24(16-20-30)13-14-25-10-5-6-12-27(25)32-21-17-23-8-3-2-4-9-23/h2-14,18,24H,15-17,19-22H2,1H3. The molecule has 0 aliphatic carbocycles. The van der Waals surface area contributed by atoms with Gasteiger partial charge in [-0.25, -0.2) is 4.98 Å². The Hall–Kier alpha value is -3.11. The first-order valence-corrected chi connectivity index (χ1v) is 11.5. The predicted molar refractivity (Wildman–Crippen MR) is 130 cm³/mol. The van der Waals surface area contributed by atoms with Crippen molar-refractivity contribution < 1.29 is 9.47 Å². The summed E-state index contributed by atoms with van der Waals surface area (Å²) in [5, 5.41) is 0. The number of benzene rings is 2. The molecule has 1 saturated heterocycles. The first-order valence-electron chi connectivity index (χ1n) is 11.5. The zero-order valence-electron chi connectivity index (χ0n) is 18.8. The quantitative estimate of drug-likeness (QED) is 0.442. The summed E-state index contributed by atoms with van der Waals surface area (Å²) in [5.41, 5.74) is 3.62. The lowest BCUT2D eigenvalue weighted by molar-refractivity contribution is 0.193. The van der Waals surface area contributed by atoms with Crippen molar-refractivity contribution in [3.63, 3.8) is 0 Å². The Morgan fingerprint density at radius 3 is 2.56 bits per heavy atom. The monoisotopic (exact) mass is 428 g/mol. The average molecular weight is 429 g/mol. The highest BCUT2D eigenvalue weighted by Crippen LogP contribution is 2.25. The van der Waals surface area contributed by atoms with Gasteiger partial charge in [0.1, 0.15) is 5.75 Å². The minimum atomic E-state index is 0.597. The number of para-hydroxylation sites is 1. The first kappa shape index (κ1) is 22.1. The summed E-state index contributed by atoms with van der Waals surface area (Å²) < 4.78 is 11.5. The molecule has 3 aromatic rings. The Kier molecular flexibility index (Phi) is 7.94. The molecule has 4 nitrogen and oxygen atoms in total. The summed E-state index contributed by atoms with van der Waals surface area (Å²) in [6.45, 7) is 3.75. The SMILES string of the molecule is COc1ncccc1CN1CCC(C=Cc2ccccc2OCCc2ccccc2)CC1. The fraction of sp³-hybridized carbons (Fsp3) is 0.321. The maximum absolute atomic E-state index is 6.11. The van der Waals surface area contributed by atoms with Crippen LogP contribution < -0.4 is 9.47 Å². The number of piperidine rings is 1. The van der Waals surface area contributed by atoms with Gasteiger partial charge in [0.2, 0.25) is 5.88 Å². The second kappa shape index (κ2) is 11.5. The Morgan fingerprint density at radius 1 is 0.969 bits per heavy atom. The zero-order chi connectivity index (χ0) is 22.0. The van der Waals surface area contributed by atoms with Crippen LogP contribution in [0.1, 0.15) is 29.5 Å². The van der Waals surface area contributed by atoms with Gasteiger partial charge in [0.05, 0.1) is 13.7 Å². The van der Waals surface area contributed by atoms with Crippen LogP contribution in [-0.2, 0) is 13.0 Å². The number of hydrogen-bond acceptors (Lipinski definition) is 4. The number of aromatic nitrogens is 1. The van der Waals surface area contributed by atoms with Crippen LogP contribution in [0.25, 0.3) is 6.08 Å². The van der Waals surface area contributed by atoms with Crippen molar-refractivity contribution in [2.45, 2.75) is 25.8 Å². The molecule has 0 radical (unpaired) electrons. The molecule has 0 unspecified atom stereocenters. The number of pyridine rings is 1. The highest BCUT2D eigenvalue weighted by molar-refractivity contribution is 5.57. The summed E-state index contributed by atoms with van der Waals surface area (Å²) in [6, 6.07) is 22.9. The van der Waals surface area contributed by atoms with Crippen molar-refractivity contribution in [2.24, 2.45) is 5.92 Å². The third-order valence-electron chi connectivity index (χ3n) is 6.03. The van der Waals surface area contributed by atoms with E-state index in [0.717, 1.165) is 61.7 Å². The lowest BCUT2D eigenvalue weighted by atomic mass is 9.95. The van der Waals surface area contributed by atoms with E-state index in [1.54, 1.807) is 13.3 Å². The molecule has 0 atom stereocenters. The van der Waals surface area contributed by atoms with Crippen LogP contribution >= 0.6 is 0 Å². The van der Waals surface area contributed by atoms with Crippen LogP contribution in [0.4, 0.5) is 0 Å². The van der Waals surface area contributed by atoms with Gasteiger partial charge < -0.3 is 9.47 Å². The molecule has 1 aliphatic heterocycles. The van der Waals surface area contributed by atoms with E-state index in [1.165, 1.54) is 5.56 Å². The van der Waals surface area contributed by atoms with Gasteiger partial charge in [0.25, 0.3) is 0 Å². The normalized spacial score (nSPS) is 15.2. The van der Waals surface area contributed by atoms with Crippen molar-refractivity contribution in [2.75, 3.05) is 26.8 Å². The number of methoxy groups -OCH3 is 1. The molecule has 0 saturated carbocycles. The van der Waals surface area contributed by atoms with Gasteiger partial charge in [-0.15, -0.1) is 0 Å². The van der Waals surface area contributed by atoms with E-state index in [2.05, 4.69) is 70.6 Å². The molecule has 166 valence electrons. The lowest BCUT2D eigenvalue weighted by Gasteiger charge is -2.30. The summed E-state index contributed by atoms with van der Waals surface area (Å²) >= 11 is 0. The molecule has 32 heavy (non-hydrogen) atoms. The molecule has 0 spiro atoms. The smallest absolute Gasteiger partial charge is 0.217 e. The van der Waals surface area contributed by atoms with Crippen LogP contribution in [-0.4, -0.2) is 36.7 Å². The lowest BCUT2D eigenvalue weighted by Crippen LogP contribution is -2.32. The Bertz CT molecular complexity index is 995. The number of rotatable bonds is 9. The molecule has 1 fully saturated rings.